The van der Waals surface area contributed by atoms with Gasteiger partial charge in [0.2, 0.25) is 0 Å². The van der Waals surface area contributed by atoms with E-state index < -0.39 is 0 Å². The van der Waals surface area contributed by atoms with E-state index >= 15 is 0 Å². The van der Waals surface area contributed by atoms with Crippen LogP contribution in [-0.2, 0) is 0 Å². The molecule has 0 amide bonds. The summed E-state index contributed by atoms with van der Waals surface area (Å²) in [4.78, 5) is 0. The fourth-order valence-corrected chi connectivity index (χ4v) is 1.96. The third-order valence-electron chi connectivity index (χ3n) is 2.12. The van der Waals surface area contributed by atoms with Gasteiger partial charge in [-0.15, -0.1) is 0 Å². The molecule has 0 aromatic heterocycles. The zero-order valence-corrected chi connectivity index (χ0v) is 12.5. The van der Waals surface area contributed by atoms with Gasteiger partial charge in [-0.3, -0.25) is 0 Å². The Hall–Kier alpha value is -0.720. The number of hydrogen-bond acceptors (Lipinski definition) is 0. The van der Waals surface area contributed by atoms with Crippen LogP contribution in [-0.4, -0.2) is 0 Å². The lowest BCUT2D eigenvalue weighted by atomic mass is 9.99. The van der Waals surface area contributed by atoms with Gasteiger partial charge in [0.1, 0.15) is 0 Å². The summed E-state index contributed by atoms with van der Waals surface area (Å²) in [6, 6.07) is 5.56. The Balaban J connectivity index is 0.00000121. The average Bonchev–Trinajstić information content (AvgIpc) is 2.29. The van der Waals surface area contributed by atoms with Crippen molar-refractivity contribution in [1.29, 1.82) is 0 Å². The van der Waals surface area contributed by atoms with Crippen molar-refractivity contribution in [2.75, 3.05) is 0 Å². The first kappa shape index (κ1) is 16.3. The van der Waals surface area contributed by atoms with Gasteiger partial charge in [0.15, 0.2) is 0 Å². The van der Waals surface area contributed by atoms with Crippen molar-refractivity contribution < 1.29 is 0 Å². The van der Waals surface area contributed by atoms with Crippen molar-refractivity contribution in [3.05, 3.63) is 52.0 Å². The predicted molar refractivity (Wildman–Crippen MR) is 80.9 cm³/mol. The number of benzene rings is 1. The molecule has 0 heterocycles. The van der Waals surface area contributed by atoms with Crippen molar-refractivity contribution in [1.82, 2.24) is 0 Å². The molecule has 0 saturated carbocycles. The van der Waals surface area contributed by atoms with Crippen LogP contribution >= 0.6 is 23.2 Å². The van der Waals surface area contributed by atoms with Crippen molar-refractivity contribution in [3.63, 3.8) is 0 Å². The Labute approximate surface area is 115 Å². The summed E-state index contributed by atoms with van der Waals surface area (Å²) in [6.07, 6.45) is 2.90. The van der Waals surface area contributed by atoms with Crippen LogP contribution in [0.25, 0.3) is 5.57 Å². The molecule has 1 aromatic carbocycles. The summed E-state index contributed by atoms with van der Waals surface area (Å²) in [5.41, 5.74) is 3.34. The molecule has 0 nitrogen and oxygen atoms in total. The molecular formula is C15H20Cl2. The highest BCUT2D eigenvalue weighted by molar-refractivity contribution is 6.35. The first-order valence-corrected chi connectivity index (χ1v) is 6.55. The lowest BCUT2D eigenvalue weighted by Crippen LogP contribution is -1.87. The summed E-state index contributed by atoms with van der Waals surface area (Å²) in [7, 11) is 0. The Morgan fingerprint density at radius 3 is 2.29 bits per heavy atom. The smallest absolute Gasteiger partial charge is 0.0495 e. The molecule has 0 fully saturated rings. The van der Waals surface area contributed by atoms with E-state index in [4.69, 9.17) is 23.2 Å². The second-order valence-corrected chi connectivity index (χ2v) is 4.42. The fraction of sp³-hybridized carbons (Fsp3) is 0.333. The van der Waals surface area contributed by atoms with E-state index in [1.165, 1.54) is 5.57 Å². The average molecular weight is 271 g/mol. The molecule has 0 saturated heterocycles. The number of hydrogen-bond donors (Lipinski definition) is 0. The van der Waals surface area contributed by atoms with E-state index in [1.807, 2.05) is 39.8 Å². The van der Waals surface area contributed by atoms with Crippen LogP contribution in [0.4, 0.5) is 0 Å². The maximum absolute atomic E-state index is 6.13. The van der Waals surface area contributed by atoms with Crippen molar-refractivity contribution in [2.45, 2.75) is 34.1 Å². The molecule has 2 heteroatoms. The summed E-state index contributed by atoms with van der Waals surface area (Å²) in [5.74, 6) is 0. The van der Waals surface area contributed by atoms with Gasteiger partial charge in [0, 0.05) is 10.0 Å². The zero-order chi connectivity index (χ0) is 13.4. The van der Waals surface area contributed by atoms with Crippen LogP contribution < -0.4 is 0 Å². The maximum atomic E-state index is 6.13. The Morgan fingerprint density at radius 1 is 1.29 bits per heavy atom. The molecule has 0 radical (unpaired) electrons. The molecule has 0 aliphatic rings. The van der Waals surface area contributed by atoms with Crippen molar-refractivity contribution in [2.24, 2.45) is 0 Å². The molecule has 0 aliphatic heterocycles. The quantitative estimate of drug-likeness (QED) is 0.559. The molecular weight excluding hydrogens is 251 g/mol. The fourth-order valence-electron chi connectivity index (χ4n) is 1.43. The lowest BCUT2D eigenvalue weighted by molar-refractivity contribution is 1.23. The minimum absolute atomic E-state index is 0.662. The molecule has 17 heavy (non-hydrogen) atoms. The van der Waals surface area contributed by atoms with E-state index in [-0.39, 0.29) is 0 Å². The van der Waals surface area contributed by atoms with E-state index in [0.29, 0.717) is 10.0 Å². The van der Waals surface area contributed by atoms with E-state index in [9.17, 15) is 0 Å². The third-order valence-corrected chi connectivity index (χ3v) is 2.67. The molecule has 0 bridgehead atoms. The standard InChI is InChI=1S/C13H14Cl2.C2H6/c1-4-10(7-9(2)3)12-6-5-11(14)8-13(12)15;1-2/h4-6,8H,2,7H2,1,3H3;1-2H3/b10-4+;. The van der Waals surface area contributed by atoms with Crippen molar-refractivity contribution >= 4 is 28.8 Å². The van der Waals surface area contributed by atoms with Gasteiger partial charge in [-0.1, -0.05) is 61.3 Å². The molecule has 0 atom stereocenters. The number of rotatable bonds is 3. The van der Waals surface area contributed by atoms with Gasteiger partial charge in [0.25, 0.3) is 0 Å². The highest BCUT2D eigenvalue weighted by Gasteiger charge is 2.06. The molecule has 1 aromatic rings. The number of halogens is 2. The first-order valence-electron chi connectivity index (χ1n) is 5.79. The molecule has 0 spiro atoms. The first-order chi connectivity index (χ1) is 8.04. The zero-order valence-electron chi connectivity index (χ0n) is 11.0. The van der Waals surface area contributed by atoms with E-state index in [0.717, 1.165) is 17.6 Å². The topological polar surface area (TPSA) is 0 Å². The van der Waals surface area contributed by atoms with Gasteiger partial charge >= 0.3 is 0 Å². The molecule has 94 valence electrons. The summed E-state index contributed by atoms with van der Waals surface area (Å²) >= 11 is 12.0. The Kier molecular flexibility index (Phi) is 8.03. The van der Waals surface area contributed by atoms with Gasteiger partial charge in [-0.25, -0.2) is 0 Å². The predicted octanol–water partition coefficient (Wildman–Crippen LogP) is 6.39. The van der Waals surface area contributed by atoms with Crippen molar-refractivity contribution in [3.8, 4) is 0 Å². The SMILES string of the molecule is C=C(C)C/C(=C\C)c1ccc(Cl)cc1Cl.CC. The van der Waals surface area contributed by atoms with Gasteiger partial charge in [0.05, 0.1) is 0 Å². The van der Waals surface area contributed by atoms with Crippen LogP contribution in [0, 0.1) is 0 Å². The minimum atomic E-state index is 0.662. The lowest BCUT2D eigenvalue weighted by Gasteiger charge is -2.09. The van der Waals surface area contributed by atoms with Gasteiger partial charge in [-0.2, -0.15) is 0 Å². The molecule has 1 rings (SSSR count). The van der Waals surface area contributed by atoms with Crippen LogP contribution in [0.1, 0.15) is 39.7 Å². The van der Waals surface area contributed by atoms with Gasteiger partial charge in [-0.05, 0) is 43.5 Å². The molecule has 0 N–H and O–H groups in total. The normalized spacial score (nSPS) is 10.6. The minimum Gasteiger partial charge on any atom is -0.0998 e. The molecule has 0 aliphatic carbocycles. The molecule has 0 unspecified atom stereocenters. The Morgan fingerprint density at radius 2 is 1.88 bits per heavy atom. The van der Waals surface area contributed by atoms with E-state index in [1.54, 1.807) is 6.07 Å². The number of allylic oxidation sites excluding steroid dienone is 3. The van der Waals surface area contributed by atoms with Crippen LogP contribution in [0.3, 0.4) is 0 Å². The van der Waals surface area contributed by atoms with Crippen LogP contribution in [0.5, 0.6) is 0 Å². The largest absolute Gasteiger partial charge is 0.0998 e. The maximum Gasteiger partial charge on any atom is 0.0495 e. The second kappa shape index (κ2) is 8.38. The summed E-state index contributed by atoms with van der Waals surface area (Å²) in [6.45, 7) is 11.9. The third kappa shape index (κ3) is 5.43. The van der Waals surface area contributed by atoms with Crippen LogP contribution in [0.15, 0.2) is 36.4 Å². The second-order valence-electron chi connectivity index (χ2n) is 3.57. The van der Waals surface area contributed by atoms with Crippen LogP contribution in [0.2, 0.25) is 10.0 Å². The highest BCUT2D eigenvalue weighted by atomic mass is 35.5. The van der Waals surface area contributed by atoms with E-state index in [2.05, 4.69) is 12.7 Å². The summed E-state index contributed by atoms with van der Waals surface area (Å²) in [5, 5.41) is 1.35. The monoisotopic (exact) mass is 270 g/mol. The summed E-state index contributed by atoms with van der Waals surface area (Å²) < 4.78 is 0. The highest BCUT2D eigenvalue weighted by Crippen LogP contribution is 2.30. The van der Waals surface area contributed by atoms with Gasteiger partial charge < -0.3 is 0 Å². The Bertz CT molecular complexity index is 403.